The van der Waals surface area contributed by atoms with Gasteiger partial charge in [-0.3, -0.25) is 0 Å². The molecule has 0 bridgehead atoms. The SMILES string of the molecule is CC1=CN(Cc2ccccc2)C(Br)S1. The van der Waals surface area contributed by atoms with Gasteiger partial charge in [0.1, 0.15) is 4.28 Å². The standard InChI is InChI=1S/C11H12BrNS/c1-9-7-13(11(12)14-9)8-10-5-3-2-4-6-10/h2-7,11H,8H2,1H3. The molecule has 1 atom stereocenters. The summed E-state index contributed by atoms with van der Waals surface area (Å²) in [6, 6.07) is 10.5. The molecule has 0 spiro atoms. The Morgan fingerprint density at radius 1 is 1.36 bits per heavy atom. The lowest BCUT2D eigenvalue weighted by molar-refractivity contribution is 0.423. The molecule has 1 aromatic carbocycles. The van der Waals surface area contributed by atoms with Crippen molar-refractivity contribution in [2.75, 3.05) is 0 Å². The van der Waals surface area contributed by atoms with Gasteiger partial charge in [0, 0.05) is 17.6 Å². The van der Waals surface area contributed by atoms with Gasteiger partial charge >= 0.3 is 0 Å². The zero-order chi connectivity index (χ0) is 9.97. The molecule has 0 radical (unpaired) electrons. The van der Waals surface area contributed by atoms with E-state index in [0.717, 1.165) is 6.54 Å². The topological polar surface area (TPSA) is 3.24 Å². The van der Waals surface area contributed by atoms with Crippen LogP contribution in [0.4, 0.5) is 0 Å². The summed E-state index contributed by atoms with van der Waals surface area (Å²) in [5, 5.41) is 0. The molecule has 1 heterocycles. The van der Waals surface area contributed by atoms with Crippen LogP contribution in [-0.2, 0) is 6.54 Å². The number of allylic oxidation sites excluding steroid dienone is 1. The normalized spacial score (nSPS) is 21.1. The fraction of sp³-hybridized carbons (Fsp3) is 0.273. The van der Waals surface area contributed by atoms with Crippen molar-refractivity contribution in [2.45, 2.75) is 17.8 Å². The molecule has 0 saturated carbocycles. The molecule has 0 amide bonds. The summed E-state index contributed by atoms with van der Waals surface area (Å²) in [6.45, 7) is 3.12. The molecule has 1 aromatic rings. The summed E-state index contributed by atoms with van der Waals surface area (Å²) in [7, 11) is 0. The van der Waals surface area contributed by atoms with Crippen LogP contribution < -0.4 is 0 Å². The lowest BCUT2D eigenvalue weighted by Gasteiger charge is -2.19. The summed E-state index contributed by atoms with van der Waals surface area (Å²) in [4.78, 5) is 3.66. The quantitative estimate of drug-likeness (QED) is 0.594. The lowest BCUT2D eigenvalue weighted by Crippen LogP contribution is -2.18. The van der Waals surface area contributed by atoms with E-state index in [1.54, 1.807) is 0 Å². The van der Waals surface area contributed by atoms with Gasteiger partial charge in [0.05, 0.1) is 0 Å². The van der Waals surface area contributed by atoms with Gasteiger partial charge in [0.2, 0.25) is 0 Å². The van der Waals surface area contributed by atoms with Crippen molar-refractivity contribution in [3.8, 4) is 0 Å². The van der Waals surface area contributed by atoms with Gasteiger partial charge in [0.15, 0.2) is 0 Å². The minimum Gasteiger partial charge on any atom is -0.351 e. The van der Waals surface area contributed by atoms with E-state index in [4.69, 9.17) is 0 Å². The second kappa shape index (κ2) is 4.41. The molecule has 1 unspecified atom stereocenters. The van der Waals surface area contributed by atoms with Crippen LogP contribution in [0.1, 0.15) is 12.5 Å². The average molecular weight is 270 g/mol. The molecule has 1 nitrogen and oxygen atoms in total. The van der Waals surface area contributed by atoms with E-state index in [2.05, 4.69) is 64.3 Å². The number of hydrogen-bond donors (Lipinski definition) is 0. The maximum Gasteiger partial charge on any atom is 0.135 e. The maximum absolute atomic E-state index is 3.64. The number of benzene rings is 1. The zero-order valence-electron chi connectivity index (χ0n) is 7.98. The highest BCUT2D eigenvalue weighted by Gasteiger charge is 2.19. The van der Waals surface area contributed by atoms with Gasteiger partial charge < -0.3 is 4.90 Å². The zero-order valence-corrected chi connectivity index (χ0v) is 10.4. The molecule has 1 aliphatic heterocycles. The van der Waals surface area contributed by atoms with Crippen LogP contribution in [-0.4, -0.2) is 9.18 Å². The summed E-state index contributed by atoms with van der Waals surface area (Å²) >= 11 is 5.49. The van der Waals surface area contributed by atoms with Gasteiger partial charge in [0.25, 0.3) is 0 Å². The van der Waals surface area contributed by atoms with Gasteiger partial charge in [-0.05, 0) is 12.5 Å². The Balaban J connectivity index is 2.05. The number of thioether (sulfide) groups is 1. The van der Waals surface area contributed by atoms with Crippen molar-refractivity contribution in [2.24, 2.45) is 0 Å². The van der Waals surface area contributed by atoms with Gasteiger partial charge in [-0.25, -0.2) is 0 Å². The number of rotatable bonds is 2. The molecule has 3 heteroatoms. The largest absolute Gasteiger partial charge is 0.351 e. The summed E-state index contributed by atoms with van der Waals surface area (Å²) in [6.07, 6.45) is 2.21. The van der Waals surface area contributed by atoms with Crippen LogP contribution in [0.15, 0.2) is 41.4 Å². The third-order valence-corrected chi connectivity index (χ3v) is 4.13. The van der Waals surface area contributed by atoms with Gasteiger partial charge in [-0.1, -0.05) is 58.0 Å². The smallest absolute Gasteiger partial charge is 0.135 e. The molecule has 14 heavy (non-hydrogen) atoms. The van der Waals surface area contributed by atoms with Crippen LogP contribution in [0.25, 0.3) is 0 Å². The Morgan fingerprint density at radius 3 is 2.64 bits per heavy atom. The summed E-state index contributed by atoms with van der Waals surface area (Å²) in [5.74, 6) is 0. The molecule has 0 aromatic heterocycles. The first-order valence-electron chi connectivity index (χ1n) is 4.54. The Labute approximate surface area is 97.3 Å². The predicted octanol–water partition coefficient (Wildman–Crippen LogP) is 3.78. The van der Waals surface area contributed by atoms with Crippen molar-refractivity contribution in [1.82, 2.24) is 4.90 Å². The monoisotopic (exact) mass is 269 g/mol. The first-order valence-corrected chi connectivity index (χ1v) is 6.34. The highest BCUT2D eigenvalue weighted by molar-refractivity contribution is 9.11. The molecule has 0 N–H and O–H groups in total. The lowest BCUT2D eigenvalue weighted by atomic mass is 10.2. The van der Waals surface area contributed by atoms with Crippen molar-refractivity contribution in [1.29, 1.82) is 0 Å². The molecule has 0 fully saturated rings. The van der Waals surface area contributed by atoms with Crippen LogP contribution in [0, 0.1) is 0 Å². The van der Waals surface area contributed by atoms with Crippen LogP contribution >= 0.6 is 27.7 Å². The highest BCUT2D eigenvalue weighted by atomic mass is 79.9. The van der Waals surface area contributed by atoms with Gasteiger partial charge in [-0.2, -0.15) is 0 Å². The van der Waals surface area contributed by atoms with E-state index in [9.17, 15) is 0 Å². The number of hydrogen-bond acceptors (Lipinski definition) is 2. The Kier molecular flexibility index (Phi) is 3.19. The summed E-state index contributed by atoms with van der Waals surface area (Å²) in [5.41, 5.74) is 1.35. The van der Waals surface area contributed by atoms with E-state index in [0.29, 0.717) is 4.28 Å². The van der Waals surface area contributed by atoms with Crippen molar-refractivity contribution >= 4 is 27.7 Å². The fourth-order valence-corrected chi connectivity index (χ4v) is 3.38. The van der Waals surface area contributed by atoms with Crippen LogP contribution in [0.5, 0.6) is 0 Å². The number of halogens is 1. The maximum atomic E-state index is 3.64. The van der Waals surface area contributed by atoms with E-state index in [1.807, 2.05) is 11.8 Å². The van der Waals surface area contributed by atoms with Crippen molar-refractivity contribution < 1.29 is 0 Å². The molecule has 2 rings (SSSR count). The van der Waals surface area contributed by atoms with E-state index >= 15 is 0 Å². The third-order valence-electron chi connectivity index (χ3n) is 2.10. The highest BCUT2D eigenvalue weighted by Crippen LogP contribution is 2.36. The Bertz CT molecular complexity index is 336. The average Bonchev–Trinajstić information content (AvgIpc) is 2.47. The summed E-state index contributed by atoms with van der Waals surface area (Å²) < 4.78 is 0.391. The predicted molar refractivity (Wildman–Crippen MR) is 66.0 cm³/mol. The third kappa shape index (κ3) is 2.34. The minimum absolute atomic E-state index is 0.391. The first-order chi connectivity index (χ1) is 6.75. The van der Waals surface area contributed by atoms with E-state index in [-0.39, 0.29) is 0 Å². The van der Waals surface area contributed by atoms with E-state index < -0.39 is 0 Å². The number of alkyl halides is 1. The van der Waals surface area contributed by atoms with Gasteiger partial charge in [-0.15, -0.1) is 0 Å². The van der Waals surface area contributed by atoms with Crippen molar-refractivity contribution in [3.63, 3.8) is 0 Å². The minimum atomic E-state index is 0.391. The fourth-order valence-electron chi connectivity index (χ4n) is 1.46. The molecule has 0 aliphatic carbocycles. The molecular formula is C11H12BrNS. The molecule has 74 valence electrons. The Hall–Kier alpha value is -0.410. The van der Waals surface area contributed by atoms with E-state index in [1.165, 1.54) is 10.5 Å². The molecule has 0 saturated heterocycles. The van der Waals surface area contributed by atoms with Crippen molar-refractivity contribution in [3.05, 3.63) is 47.0 Å². The number of nitrogens with zero attached hydrogens (tertiary/aromatic N) is 1. The van der Waals surface area contributed by atoms with Crippen LogP contribution in [0.3, 0.4) is 0 Å². The molecule has 1 aliphatic rings. The molecular weight excluding hydrogens is 258 g/mol. The second-order valence-corrected chi connectivity index (χ2v) is 6.11. The second-order valence-electron chi connectivity index (χ2n) is 3.31. The first kappa shape index (κ1) is 10.1. The Morgan fingerprint density at radius 2 is 2.07 bits per heavy atom. The van der Waals surface area contributed by atoms with Crippen LogP contribution in [0.2, 0.25) is 0 Å².